The molecule has 0 fully saturated rings. The van der Waals surface area contributed by atoms with Crippen molar-refractivity contribution in [1.82, 2.24) is 0 Å². The van der Waals surface area contributed by atoms with Crippen LogP contribution in [-0.2, 0) is 0 Å². The van der Waals surface area contributed by atoms with Crippen LogP contribution in [-0.4, -0.2) is 5.16 Å². The molecule has 0 aromatic heterocycles. The highest BCUT2D eigenvalue weighted by Gasteiger charge is 1.84. The molecule has 0 unspecified atom stereocenters. The van der Waals surface area contributed by atoms with Crippen molar-refractivity contribution in [3.63, 3.8) is 0 Å². The van der Waals surface area contributed by atoms with Crippen molar-refractivity contribution in [3.05, 3.63) is 29.8 Å². The molecule has 0 aliphatic heterocycles. The monoisotopic (exact) mass is 165 g/mol. The van der Waals surface area contributed by atoms with Gasteiger partial charge in [-0.1, -0.05) is 25.1 Å². The maximum atomic E-state index is 4.45. The van der Waals surface area contributed by atoms with Crippen LogP contribution >= 0.6 is 12.2 Å². The van der Waals surface area contributed by atoms with Gasteiger partial charge in [0.25, 0.3) is 0 Å². The maximum Gasteiger partial charge on any atom is 0.0739 e. The van der Waals surface area contributed by atoms with Crippen molar-refractivity contribution in [2.24, 2.45) is 4.99 Å². The summed E-state index contributed by atoms with van der Waals surface area (Å²) in [6.45, 7) is 2.03. The Labute approximate surface area is 72.8 Å². The lowest BCUT2D eigenvalue weighted by molar-refractivity contribution is 1.44. The van der Waals surface area contributed by atoms with E-state index in [4.69, 9.17) is 0 Å². The van der Waals surface area contributed by atoms with Crippen LogP contribution in [0.4, 0.5) is 5.69 Å². The van der Waals surface area contributed by atoms with Crippen molar-refractivity contribution in [2.45, 2.75) is 14.4 Å². The Bertz CT molecular complexity index is 257. The van der Waals surface area contributed by atoms with Crippen LogP contribution in [0.25, 0.3) is 0 Å². The zero-order valence-electron chi connectivity index (χ0n) is 5.66. The summed E-state index contributed by atoms with van der Waals surface area (Å²) in [7, 11) is 0. The average molecular weight is 165 g/mol. The van der Waals surface area contributed by atoms with E-state index in [1.807, 2.05) is 31.2 Å². The Hall–Kier alpha value is -0.980. The molecule has 0 amide bonds. The lowest BCUT2D eigenvalue weighted by Gasteiger charge is -1.90. The van der Waals surface area contributed by atoms with Crippen LogP contribution in [0.2, 0.25) is 0 Å². The number of isothiocyanates is 1. The molecular formula is C9H11NS. The van der Waals surface area contributed by atoms with Gasteiger partial charge in [-0.05, 0) is 31.3 Å². The maximum absolute atomic E-state index is 4.45. The standard InChI is InChI=1S/C8H7NS.CH4/c1-7-2-4-8(5-3-7)9-6-10;/h2-5H,1H3;1H4. The van der Waals surface area contributed by atoms with Gasteiger partial charge in [-0.25, -0.2) is 0 Å². The minimum atomic E-state index is 0. The predicted molar refractivity (Wildman–Crippen MR) is 52.6 cm³/mol. The summed E-state index contributed by atoms with van der Waals surface area (Å²) < 4.78 is 0. The Balaban J connectivity index is 0.000001000. The number of hydrogen-bond acceptors (Lipinski definition) is 2. The van der Waals surface area contributed by atoms with E-state index >= 15 is 0 Å². The van der Waals surface area contributed by atoms with E-state index in [0.717, 1.165) is 5.69 Å². The first-order valence-electron chi connectivity index (χ1n) is 2.97. The highest BCUT2D eigenvalue weighted by atomic mass is 32.1. The highest BCUT2D eigenvalue weighted by Crippen LogP contribution is 2.10. The Morgan fingerprint density at radius 3 is 2.27 bits per heavy atom. The molecule has 1 aromatic carbocycles. The summed E-state index contributed by atoms with van der Waals surface area (Å²) in [5.74, 6) is 0. The molecular weight excluding hydrogens is 154 g/mol. The third-order valence-corrected chi connectivity index (χ3v) is 1.30. The van der Waals surface area contributed by atoms with Gasteiger partial charge in [-0.2, -0.15) is 4.99 Å². The van der Waals surface area contributed by atoms with Crippen LogP contribution in [0, 0.1) is 6.92 Å². The number of aryl methyl sites for hydroxylation is 1. The third-order valence-electron chi connectivity index (χ3n) is 1.21. The molecule has 0 atom stereocenters. The van der Waals surface area contributed by atoms with Crippen LogP contribution in [0.15, 0.2) is 29.3 Å². The first-order chi connectivity index (χ1) is 4.83. The van der Waals surface area contributed by atoms with E-state index < -0.39 is 0 Å². The fourth-order valence-corrected chi connectivity index (χ4v) is 0.777. The molecule has 1 nitrogen and oxygen atoms in total. The highest BCUT2D eigenvalue weighted by molar-refractivity contribution is 7.78. The number of benzene rings is 1. The number of thiocarbonyl (C=S) groups is 1. The zero-order valence-corrected chi connectivity index (χ0v) is 6.48. The van der Waals surface area contributed by atoms with Crippen LogP contribution in [0.1, 0.15) is 13.0 Å². The first kappa shape index (κ1) is 10.0. The van der Waals surface area contributed by atoms with Crippen LogP contribution in [0.3, 0.4) is 0 Å². The minimum Gasteiger partial charge on any atom is -0.195 e. The topological polar surface area (TPSA) is 12.4 Å². The summed E-state index contributed by atoms with van der Waals surface area (Å²) in [4.78, 5) is 3.81. The number of hydrogen-bond donors (Lipinski definition) is 0. The fourth-order valence-electron chi connectivity index (χ4n) is 0.672. The number of rotatable bonds is 1. The summed E-state index contributed by atoms with van der Waals surface area (Å²) in [5, 5.41) is 2.31. The van der Waals surface area contributed by atoms with E-state index in [0.29, 0.717) is 0 Å². The molecule has 0 aliphatic carbocycles. The second-order valence-corrected chi connectivity index (χ2v) is 2.22. The average Bonchev–Trinajstić information content (AvgIpc) is 1.95. The zero-order chi connectivity index (χ0) is 7.40. The van der Waals surface area contributed by atoms with Gasteiger partial charge in [0.2, 0.25) is 0 Å². The van der Waals surface area contributed by atoms with E-state index in [1.54, 1.807) is 0 Å². The molecule has 0 radical (unpaired) electrons. The van der Waals surface area contributed by atoms with Gasteiger partial charge >= 0.3 is 0 Å². The van der Waals surface area contributed by atoms with Gasteiger partial charge < -0.3 is 0 Å². The molecule has 2 heteroatoms. The molecule has 0 aliphatic rings. The van der Waals surface area contributed by atoms with Crippen molar-refractivity contribution < 1.29 is 0 Å². The molecule has 0 saturated carbocycles. The predicted octanol–water partition coefficient (Wildman–Crippen LogP) is 3.37. The lowest BCUT2D eigenvalue weighted by atomic mass is 10.2. The second kappa shape index (κ2) is 4.78. The van der Waals surface area contributed by atoms with Crippen molar-refractivity contribution in [1.29, 1.82) is 0 Å². The van der Waals surface area contributed by atoms with Gasteiger partial charge in [0.15, 0.2) is 0 Å². The summed E-state index contributed by atoms with van der Waals surface area (Å²) in [6.07, 6.45) is 0. The second-order valence-electron chi connectivity index (χ2n) is 2.04. The van der Waals surface area contributed by atoms with Crippen molar-refractivity contribution in [3.8, 4) is 0 Å². The smallest absolute Gasteiger partial charge is 0.0739 e. The first-order valence-corrected chi connectivity index (χ1v) is 3.38. The van der Waals surface area contributed by atoms with E-state index in [1.165, 1.54) is 5.56 Å². The van der Waals surface area contributed by atoms with E-state index in [-0.39, 0.29) is 7.43 Å². The van der Waals surface area contributed by atoms with Crippen LogP contribution in [0.5, 0.6) is 0 Å². The normalized spacial score (nSPS) is 7.73. The van der Waals surface area contributed by atoms with Gasteiger partial charge in [0, 0.05) is 0 Å². The largest absolute Gasteiger partial charge is 0.195 e. The molecule has 11 heavy (non-hydrogen) atoms. The van der Waals surface area contributed by atoms with E-state index in [2.05, 4.69) is 22.4 Å². The Morgan fingerprint density at radius 2 is 1.82 bits per heavy atom. The minimum absolute atomic E-state index is 0. The molecule has 1 rings (SSSR count). The van der Waals surface area contributed by atoms with Gasteiger partial charge in [-0.15, -0.1) is 0 Å². The summed E-state index contributed by atoms with van der Waals surface area (Å²) in [5.41, 5.74) is 2.09. The fraction of sp³-hybridized carbons (Fsp3) is 0.222. The summed E-state index contributed by atoms with van der Waals surface area (Å²) >= 11 is 4.45. The molecule has 0 heterocycles. The molecule has 0 N–H and O–H groups in total. The Morgan fingerprint density at radius 1 is 1.27 bits per heavy atom. The molecule has 58 valence electrons. The van der Waals surface area contributed by atoms with Crippen molar-refractivity contribution >= 4 is 23.1 Å². The number of nitrogens with zero attached hydrogens (tertiary/aromatic N) is 1. The Kier molecular flexibility index (Phi) is 4.35. The lowest BCUT2D eigenvalue weighted by Crippen LogP contribution is -1.67. The molecule has 0 spiro atoms. The van der Waals surface area contributed by atoms with Crippen molar-refractivity contribution in [2.75, 3.05) is 0 Å². The van der Waals surface area contributed by atoms with E-state index in [9.17, 15) is 0 Å². The van der Waals surface area contributed by atoms with Crippen LogP contribution < -0.4 is 0 Å². The summed E-state index contributed by atoms with van der Waals surface area (Å²) in [6, 6.07) is 7.81. The van der Waals surface area contributed by atoms with Gasteiger partial charge in [-0.3, -0.25) is 0 Å². The quantitative estimate of drug-likeness (QED) is 0.459. The third kappa shape index (κ3) is 3.08. The SMILES string of the molecule is C.Cc1ccc(N=C=S)cc1. The number of aliphatic imine (C=N–C) groups is 1. The molecule has 0 saturated heterocycles. The van der Waals surface area contributed by atoms with Gasteiger partial charge in [0.05, 0.1) is 10.8 Å². The molecule has 1 aromatic rings. The van der Waals surface area contributed by atoms with Gasteiger partial charge in [0.1, 0.15) is 0 Å². The molecule has 0 bridgehead atoms.